The monoisotopic (exact) mass is 292 g/mol. The summed E-state index contributed by atoms with van der Waals surface area (Å²) in [6.07, 6.45) is 0.294. The van der Waals surface area contributed by atoms with Crippen molar-refractivity contribution in [1.82, 2.24) is 5.43 Å². The van der Waals surface area contributed by atoms with Crippen molar-refractivity contribution in [2.45, 2.75) is 19.4 Å². The second kappa shape index (κ2) is 6.65. The summed E-state index contributed by atoms with van der Waals surface area (Å²) in [5.74, 6) is 5.10. The van der Waals surface area contributed by atoms with E-state index in [4.69, 9.17) is 10.6 Å². The molecule has 3 nitrogen and oxygen atoms in total. The average Bonchev–Trinajstić information content (AvgIpc) is 2.46. The number of methoxy groups -OCH3 is 1. The van der Waals surface area contributed by atoms with Crippen LogP contribution in [0.5, 0.6) is 5.75 Å². The molecule has 2 rings (SSSR count). The third-order valence-electron chi connectivity index (χ3n) is 3.40. The predicted molar refractivity (Wildman–Crippen MR) is 77.9 cm³/mol. The van der Waals surface area contributed by atoms with Gasteiger partial charge in [-0.2, -0.15) is 0 Å². The Kier molecular flexibility index (Phi) is 4.88. The zero-order chi connectivity index (χ0) is 15.4. The van der Waals surface area contributed by atoms with E-state index in [1.165, 1.54) is 12.1 Å². The predicted octanol–water partition coefficient (Wildman–Crippen LogP) is 3.03. The lowest BCUT2D eigenvalue weighted by Gasteiger charge is -2.20. The van der Waals surface area contributed by atoms with Gasteiger partial charge in [0.2, 0.25) is 0 Å². The molecule has 1 atom stereocenters. The van der Waals surface area contributed by atoms with E-state index in [1.54, 1.807) is 7.11 Å². The Bertz CT molecular complexity index is 632. The highest BCUT2D eigenvalue weighted by Gasteiger charge is 2.17. The molecular formula is C16H18F2N2O. The summed E-state index contributed by atoms with van der Waals surface area (Å²) in [5, 5.41) is 0. The van der Waals surface area contributed by atoms with Gasteiger partial charge in [-0.15, -0.1) is 0 Å². The molecule has 21 heavy (non-hydrogen) atoms. The third kappa shape index (κ3) is 3.56. The van der Waals surface area contributed by atoms with E-state index in [0.29, 0.717) is 17.7 Å². The SMILES string of the molecule is COc1ccc(C)cc1C(Cc1ccc(F)cc1F)NN. The highest BCUT2D eigenvalue weighted by molar-refractivity contribution is 5.40. The molecule has 112 valence electrons. The smallest absolute Gasteiger partial charge is 0.129 e. The largest absolute Gasteiger partial charge is 0.496 e. The molecule has 0 aliphatic rings. The van der Waals surface area contributed by atoms with Crippen LogP contribution >= 0.6 is 0 Å². The quantitative estimate of drug-likeness (QED) is 0.658. The van der Waals surface area contributed by atoms with E-state index < -0.39 is 11.6 Å². The molecule has 3 N–H and O–H groups in total. The molecule has 0 saturated heterocycles. The first kappa shape index (κ1) is 15.4. The lowest BCUT2D eigenvalue weighted by Crippen LogP contribution is -2.30. The number of ether oxygens (including phenoxy) is 1. The number of hydrogen-bond acceptors (Lipinski definition) is 3. The van der Waals surface area contributed by atoms with E-state index >= 15 is 0 Å². The summed E-state index contributed by atoms with van der Waals surface area (Å²) in [6.45, 7) is 1.95. The fraction of sp³-hybridized carbons (Fsp3) is 0.250. The highest BCUT2D eigenvalue weighted by Crippen LogP contribution is 2.29. The summed E-state index contributed by atoms with van der Waals surface area (Å²) in [5.41, 5.74) is 4.95. The molecule has 2 aromatic carbocycles. The number of hydrogen-bond donors (Lipinski definition) is 2. The summed E-state index contributed by atoms with van der Waals surface area (Å²) < 4.78 is 32.1. The van der Waals surface area contributed by atoms with Crippen LogP contribution in [0.2, 0.25) is 0 Å². The van der Waals surface area contributed by atoms with Crippen molar-refractivity contribution in [3.8, 4) is 5.75 Å². The maximum atomic E-state index is 13.8. The van der Waals surface area contributed by atoms with Crippen LogP contribution < -0.4 is 16.0 Å². The topological polar surface area (TPSA) is 47.3 Å². The number of rotatable bonds is 5. The van der Waals surface area contributed by atoms with Gasteiger partial charge in [0.05, 0.1) is 13.2 Å². The molecular weight excluding hydrogens is 274 g/mol. The maximum Gasteiger partial charge on any atom is 0.129 e. The number of aryl methyl sites for hydroxylation is 1. The summed E-state index contributed by atoms with van der Waals surface area (Å²) in [7, 11) is 1.57. The molecule has 0 saturated carbocycles. The van der Waals surface area contributed by atoms with Crippen LogP contribution in [0.15, 0.2) is 36.4 Å². The van der Waals surface area contributed by atoms with Crippen molar-refractivity contribution in [3.05, 3.63) is 64.7 Å². The van der Waals surface area contributed by atoms with E-state index in [9.17, 15) is 8.78 Å². The molecule has 1 unspecified atom stereocenters. The van der Waals surface area contributed by atoms with Gasteiger partial charge in [0, 0.05) is 11.6 Å². The first-order chi connectivity index (χ1) is 10.0. The van der Waals surface area contributed by atoms with Crippen LogP contribution in [0.1, 0.15) is 22.7 Å². The molecule has 0 aromatic heterocycles. The number of nitrogens with one attached hydrogen (secondary N) is 1. The minimum atomic E-state index is -0.596. The fourth-order valence-electron chi connectivity index (χ4n) is 2.29. The number of halogens is 2. The summed E-state index contributed by atoms with van der Waals surface area (Å²) >= 11 is 0. The third-order valence-corrected chi connectivity index (χ3v) is 3.40. The Morgan fingerprint density at radius 1 is 1.19 bits per heavy atom. The van der Waals surface area contributed by atoms with E-state index in [2.05, 4.69) is 5.43 Å². The molecule has 0 aliphatic heterocycles. The zero-order valence-corrected chi connectivity index (χ0v) is 12.0. The minimum Gasteiger partial charge on any atom is -0.496 e. The Labute approximate surface area is 122 Å². The molecule has 5 heteroatoms. The average molecular weight is 292 g/mol. The van der Waals surface area contributed by atoms with E-state index in [-0.39, 0.29) is 6.04 Å². The standard InChI is InChI=1S/C16H18F2N2O/c1-10-3-6-16(21-2)13(7-10)15(20-19)8-11-4-5-12(17)9-14(11)18/h3-7,9,15,20H,8,19H2,1-2H3. The molecule has 0 radical (unpaired) electrons. The Morgan fingerprint density at radius 3 is 2.57 bits per heavy atom. The second-order valence-electron chi connectivity index (χ2n) is 4.90. The Hall–Kier alpha value is -1.98. The Morgan fingerprint density at radius 2 is 1.95 bits per heavy atom. The molecule has 0 fully saturated rings. The number of hydrazine groups is 1. The van der Waals surface area contributed by atoms with Gasteiger partial charge in [0.25, 0.3) is 0 Å². The van der Waals surface area contributed by atoms with E-state index in [1.807, 2.05) is 25.1 Å². The maximum absolute atomic E-state index is 13.8. The van der Waals surface area contributed by atoms with Gasteiger partial charge in [-0.1, -0.05) is 23.8 Å². The molecule has 2 aromatic rings. The molecule has 0 spiro atoms. The van der Waals surface area contributed by atoms with Crippen molar-refractivity contribution < 1.29 is 13.5 Å². The lowest BCUT2D eigenvalue weighted by molar-refractivity contribution is 0.398. The minimum absolute atomic E-state index is 0.294. The van der Waals surface area contributed by atoms with Gasteiger partial charge in [-0.25, -0.2) is 8.78 Å². The second-order valence-corrected chi connectivity index (χ2v) is 4.90. The van der Waals surface area contributed by atoms with Gasteiger partial charge in [0.15, 0.2) is 0 Å². The van der Waals surface area contributed by atoms with Gasteiger partial charge in [0.1, 0.15) is 17.4 Å². The Balaban J connectivity index is 2.34. The van der Waals surface area contributed by atoms with Gasteiger partial charge >= 0.3 is 0 Å². The lowest BCUT2D eigenvalue weighted by atomic mass is 9.97. The molecule has 0 aliphatic carbocycles. The van der Waals surface area contributed by atoms with Crippen LogP contribution in [-0.2, 0) is 6.42 Å². The van der Waals surface area contributed by atoms with Crippen LogP contribution in [-0.4, -0.2) is 7.11 Å². The normalized spacial score (nSPS) is 12.2. The first-order valence-corrected chi connectivity index (χ1v) is 6.59. The molecule has 0 bridgehead atoms. The first-order valence-electron chi connectivity index (χ1n) is 6.59. The van der Waals surface area contributed by atoms with Crippen LogP contribution in [0.25, 0.3) is 0 Å². The van der Waals surface area contributed by atoms with Gasteiger partial charge in [-0.05, 0) is 31.0 Å². The zero-order valence-electron chi connectivity index (χ0n) is 12.0. The van der Waals surface area contributed by atoms with Crippen molar-refractivity contribution in [3.63, 3.8) is 0 Å². The summed E-state index contributed by atoms with van der Waals surface area (Å²) in [4.78, 5) is 0. The van der Waals surface area contributed by atoms with Gasteiger partial charge in [-0.3, -0.25) is 11.3 Å². The highest BCUT2D eigenvalue weighted by atomic mass is 19.1. The van der Waals surface area contributed by atoms with Crippen LogP contribution in [0, 0.1) is 18.6 Å². The van der Waals surface area contributed by atoms with Crippen molar-refractivity contribution in [1.29, 1.82) is 0 Å². The van der Waals surface area contributed by atoms with Crippen LogP contribution in [0.3, 0.4) is 0 Å². The van der Waals surface area contributed by atoms with Gasteiger partial charge < -0.3 is 4.74 Å². The van der Waals surface area contributed by atoms with E-state index in [0.717, 1.165) is 17.2 Å². The van der Waals surface area contributed by atoms with Crippen molar-refractivity contribution in [2.75, 3.05) is 7.11 Å². The van der Waals surface area contributed by atoms with Crippen molar-refractivity contribution >= 4 is 0 Å². The summed E-state index contributed by atoms with van der Waals surface area (Å²) in [6, 6.07) is 8.90. The molecule has 0 heterocycles. The number of benzene rings is 2. The fourth-order valence-corrected chi connectivity index (χ4v) is 2.29. The van der Waals surface area contributed by atoms with Crippen LogP contribution in [0.4, 0.5) is 8.78 Å². The molecule has 0 amide bonds. The van der Waals surface area contributed by atoms with Crippen molar-refractivity contribution in [2.24, 2.45) is 5.84 Å². The number of nitrogens with two attached hydrogens (primary N) is 1.